The molecule has 1 aliphatic rings. The lowest BCUT2D eigenvalue weighted by Crippen LogP contribution is -2.41. The van der Waals surface area contributed by atoms with Crippen LogP contribution in [0.5, 0.6) is 5.75 Å². The number of carbonyl (C=O) groups is 1. The Morgan fingerprint density at radius 1 is 1.23 bits per heavy atom. The molecule has 138 valence electrons. The van der Waals surface area contributed by atoms with Gasteiger partial charge in [0.2, 0.25) is 5.91 Å². The molecular formula is C21H25FN2O2. The molecule has 1 N–H and O–H groups in total. The molecule has 2 aromatic carbocycles. The molecule has 0 aromatic heterocycles. The molecule has 0 aliphatic heterocycles. The van der Waals surface area contributed by atoms with E-state index in [-0.39, 0.29) is 17.8 Å². The van der Waals surface area contributed by atoms with E-state index in [1.54, 1.807) is 12.1 Å². The molecule has 1 unspecified atom stereocenters. The number of nitrogens with one attached hydrogen (secondary N) is 1. The number of hydrogen-bond acceptors (Lipinski definition) is 3. The van der Waals surface area contributed by atoms with Crippen molar-refractivity contribution in [1.82, 2.24) is 10.2 Å². The van der Waals surface area contributed by atoms with E-state index in [0.29, 0.717) is 13.2 Å². The zero-order valence-corrected chi connectivity index (χ0v) is 15.2. The Morgan fingerprint density at radius 3 is 2.58 bits per heavy atom. The van der Waals surface area contributed by atoms with Gasteiger partial charge in [-0.2, -0.15) is 0 Å². The minimum Gasteiger partial charge on any atom is -0.492 e. The van der Waals surface area contributed by atoms with Gasteiger partial charge in [0.05, 0.1) is 0 Å². The van der Waals surface area contributed by atoms with E-state index < -0.39 is 6.04 Å². The third kappa shape index (κ3) is 4.82. The summed E-state index contributed by atoms with van der Waals surface area (Å²) in [6.45, 7) is 3.05. The highest BCUT2D eigenvalue weighted by molar-refractivity contribution is 5.83. The van der Waals surface area contributed by atoms with Crippen LogP contribution in [0.3, 0.4) is 0 Å². The first-order valence-electron chi connectivity index (χ1n) is 8.99. The molecule has 3 rings (SSSR count). The average molecular weight is 356 g/mol. The number of para-hydroxylation sites is 1. The lowest BCUT2D eigenvalue weighted by Gasteiger charge is -2.27. The van der Waals surface area contributed by atoms with Crippen LogP contribution in [0, 0.1) is 12.7 Å². The van der Waals surface area contributed by atoms with Gasteiger partial charge in [-0.15, -0.1) is 0 Å². The van der Waals surface area contributed by atoms with Gasteiger partial charge in [0, 0.05) is 12.6 Å². The fraction of sp³-hybridized carbons (Fsp3) is 0.381. The molecule has 0 bridgehead atoms. The van der Waals surface area contributed by atoms with Crippen molar-refractivity contribution in [1.29, 1.82) is 0 Å². The zero-order chi connectivity index (χ0) is 18.5. The number of likely N-dealkylation sites (N-methyl/N-ethyl adjacent to an activating group) is 1. The van der Waals surface area contributed by atoms with Crippen molar-refractivity contribution < 1.29 is 13.9 Å². The van der Waals surface area contributed by atoms with Crippen LogP contribution in [-0.2, 0) is 4.79 Å². The summed E-state index contributed by atoms with van der Waals surface area (Å²) in [6.07, 6.45) is 2.06. The van der Waals surface area contributed by atoms with E-state index >= 15 is 0 Å². The Bertz CT molecular complexity index is 744. The van der Waals surface area contributed by atoms with Crippen LogP contribution < -0.4 is 10.1 Å². The number of benzene rings is 2. The molecule has 4 nitrogen and oxygen atoms in total. The fourth-order valence-electron chi connectivity index (χ4n) is 2.91. The third-order valence-corrected chi connectivity index (χ3v) is 4.59. The highest BCUT2D eigenvalue weighted by atomic mass is 19.1. The van der Waals surface area contributed by atoms with E-state index in [1.165, 1.54) is 12.1 Å². The molecule has 5 heteroatoms. The fourth-order valence-corrected chi connectivity index (χ4v) is 2.91. The highest BCUT2D eigenvalue weighted by Crippen LogP contribution is 2.24. The highest BCUT2D eigenvalue weighted by Gasteiger charge is 2.30. The van der Waals surface area contributed by atoms with Crippen LogP contribution in [0.25, 0.3) is 0 Å². The molecule has 2 aromatic rings. The van der Waals surface area contributed by atoms with E-state index in [0.717, 1.165) is 29.7 Å². The largest absolute Gasteiger partial charge is 0.492 e. The van der Waals surface area contributed by atoms with Gasteiger partial charge < -0.3 is 10.1 Å². The zero-order valence-electron chi connectivity index (χ0n) is 15.2. The predicted molar refractivity (Wildman–Crippen MR) is 99.6 cm³/mol. The maximum atomic E-state index is 13.3. The van der Waals surface area contributed by atoms with E-state index in [9.17, 15) is 9.18 Å². The normalized spacial score (nSPS) is 14.9. The minimum absolute atomic E-state index is 0.0440. The molecule has 1 aliphatic carbocycles. The maximum absolute atomic E-state index is 13.3. The van der Waals surface area contributed by atoms with Gasteiger partial charge in [-0.25, -0.2) is 4.39 Å². The number of halogens is 1. The molecule has 1 amide bonds. The molecule has 0 spiro atoms. The van der Waals surface area contributed by atoms with Crippen molar-refractivity contribution in [3.63, 3.8) is 0 Å². The van der Waals surface area contributed by atoms with Gasteiger partial charge in [-0.3, -0.25) is 9.69 Å². The first-order valence-corrected chi connectivity index (χ1v) is 8.99. The summed E-state index contributed by atoms with van der Waals surface area (Å²) in [5.74, 6) is 0.500. The summed E-state index contributed by atoms with van der Waals surface area (Å²) < 4.78 is 19.1. The molecule has 0 heterocycles. The van der Waals surface area contributed by atoms with Gasteiger partial charge in [0.1, 0.15) is 24.2 Å². The van der Waals surface area contributed by atoms with Crippen LogP contribution in [0.4, 0.5) is 4.39 Å². The lowest BCUT2D eigenvalue weighted by atomic mass is 10.0. The summed E-state index contributed by atoms with van der Waals surface area (Å²) in [5.41, 5.74) is 1.86. The Hall–Kier alpha value is -2.40. The second-order valence-corrected chi connectivity index (χ2v) is 6.83. The summed E-state index contributed by atoms with van der Waals surface area (Å²) in [4.78, 5) is 14.7. The Morgan fingerprint density at radius 2 is 1.92 bits per heavy atom. The summed E-state index contributed by atoms with van der Waals surface area (Å²) in [6, 6.07) is 13.8. The van der Waals surface area contributed by atoms with E-state index in [1.807, 2.05) is 43.1 Å². The van der Waals surface area contributed by atoms with Crippen molar-refractivity contribution in [2.45, 2.75) is 31.8 Å². The van der Waals surface area contributed by atoms with Gasteiger partial charge in [-0.1, -0.05) is 30.3 Å². The first-order chi connectivity index (χ1) is 12.5. The van der Waals surface area contributed by atoms with Crippen LogP contribution in [0.2, 0.25) is 0 Å². The summed E-state index contributed by atoms with van der Waals surface area (Å²) >= 11 is 0. The number of hydrogen-bond donors (Lipinski definition) is 1. The van der Waals surface area contributed by atoms with Crippen LogP contribution in [0.15, 0.2) is 48.5 Å². The summed E-state index contributed by atoms with van der Waals surface area (Å²) in [5, 5.41) is 3.05. The number of carbonyl (C=O) groups excluding carboxylic acids is 1. The standard InChI is InChI=1S/C21H25FN2O2/c1-15-5-3-4-6-19(15)26-14-13-24(2)20(21(25)23-18-11-12-18)16-7-9-17(22)10-8-16/h3-10,18,20H,11-14H2,1-2H3,(H,23,25). The average Bonchev–Trinajstić information content (AvgIpc) is 3.42. The first kappa shape index (κ1) is 18.4. The minimum atomic E-state index is -0.461. The number of amides is 1. The van der Waals surface area contributed by atoms with Gasteiger partial charge in [0.15, 0.2) is 0 Å². The van der Waals surface area contributed by atoms with Crippen molar-refractivity contribution in [3.05, 3.63) is 65.5 Å². The van der Waals surface area contributed by atoms with Crippen LogP contribution in [0.1, 0.15) is 30.0 Å². The SMILES string of the molecule is Cc1ccccc1OCCN(C)C(C(=O)NC1CC1)c1ccc(F)cc1. The van der Waals surface area contributed by atoms with Crippen LogP contribution >= 0.6 is 0 Å². The Balaban J connectivity index is 1.65. The summed E-state index contributed by atoms with van der Waals surface area (Å²) in [7, 11) is 1.89. The number of rotatable bonds is 8. The van der Waals surface area contributed by atoms with Gasteiger partial charge in [-0.05, 0) is 56.1 Å². The van der Waals surface area contributed by atoms with Gasteiger partial charge in [0.25, 0.3) is 0 Å². The molecule has 1 saturated carbocycles. The van der Waals surface area contributed by atoms with Crippen molar-refractivity contribution >= 4 is 5.91 Å². The monoisotopic (exact) mass is 356 g/mol. The molecular weight excluding hydrogens is 331 g/mol. The number of nitrogens with zero attached hydrogens (tertiary/aromatic N) is 1. The number of aryl methyl sites for hydroxylation is 1. The molecule has 1 atom stereocenters. The van der Waals surface area contributed by atoms with E-state index in [2.05, 4.69) is 5.32 Å². The Kier molecular flexibility index (Phi) is 5.89. The van der Waals surface area contributed by atoms with Crippen molar-refractivity contribution in [2.75, 3.05) is 20.2 Å². The lowest BCUT2D eigenvalue weighted by molar-refractivity contribution is -0.126. The molecule has 1 fully saturated rings. The van der Waals surface area contributed by atoms with Crippen molar-refractivity contribution in [2.24, 2.45) is 0 Å². The van der Waals surface area contributed by atoms with Gasteiger partial charge >= 0.3 is 0 Å². The topological polar surface area (TPSA) is 41.6 Å². The second-order valence-electron chi connectivity index (χ2n) is 6.83. The third-order valence-electron chi connectivity index (χ3n) is 4.59. The second kappa shape index (κ2) is 8.32. The molecule has 0 saturated heterocycles. The molecule has 26 heavy (non-hydrogen) atoms. The van der Waals surface area contributed by atoms with Crippen molar-refractivity contribution in [3.8, 4) is 5.75 Å². The smallest absolute Gasteiger partial charge is 0.242 e. The Labute approximate surface area is 154 Å². The predicted octanol–water partition coefficient (Wildman–Crippen LogP) is 3.46. The van der Waals surface area contributed by atoms with Crippen LogP contribution in [-0.4, -0.2) is 37.0 Å². The van der Waals surface area contributed by atoms with E-state index in [4.69, 9.17) is 4.74 Å². The quantitative estimate of drug-likeness (QED) is 0.787. The number of ether oxygens (including phenoxy) is 1. The molecule has 0 radical (unpaired) electrons. The maximum Gasteiger partial charge on any atom is 0.242 e.